The maximum atomic E-state index is 12.8. The number of alkyl halides is 3. The Balaban J connectivity index is 2.42. The Labute approximate surface area is 129 Å². The van der Waals surface area contributed by atoms with Crippen LogP contribution in [-0.4, -0.2) is 4.92 Å². The molecule has 2 rings (SSSR count). The first-order chi connectivity index (χ1) is 10.2. The maximum absolute atomic E-state index is 12.8. The number of rotatable bonds is 3. The zero-order chi connectivity index (χ0) is 16.5. The summed E-state index contributed by atoms with van der Waals surface area (Å²) in [6, 6.07) is 7.34. The SMILES string of the molecule is Cc1ccc([N+](=O)[O-])cc1Cc1cc(C(F)(F)F)ccc1Cl. The molecule has 0 aliphatic carbocycles. The van der Waals surface area contributed by atoms with Crippen LogP contribution in [0.2, 0.25) is 5.02 Å². The summed E-state index contributed by atoms with van der Waals surface area (Å²) in [5.74, 6) is 0. The predicted octanol–water partition coefficient (Wildman–Crippen LogP) is 5.17. The third-order valence-corrected chi connectivity index (χ3v) is 3.67. The van der Waals surface area contributed by atoms with Crippen molar-refractivity contribution in [2.24, 2.45) is 0 Å². The van der Waals surface area contributed by atoms with E-state index in [2.05, 4.69) is 0 Å². The number of nitrogens with zero attached hydrogens (tertiary/aromatic N) is 1. The molecule has 0 saturated carbocycles. The molecule has 22 heavy (non-hydrogen) atoms. The van der Waals surface area contributed by atoms with Gasteiger partial charge in [0.25, 0.3) is 5.69 Å². The summed E-state index contributed by atoms with van der Waals surface area (Å²) < 4.78 is 38.3. The van der Waals surface area contributed by atoms with Crippen LogP contribution in [0.15, 0.2) is 36.4 Å². The van der Waals surface area contributed by atoms with Crippen LogP contribution >= 0.6 is 11.6 Å². The Hall–Kier alpha value is -2.08. The number of nitro groups is 1. The van der Waals surface area contributed by atoms with Crippen molar-refractivity contribution in [1.82, 2.24) is 0 Å². The zero-order valence-corrected chi connectivity index (χ0v) is 12.2. The molecule has 2 aromatic rings. The molecule has 0 bridgehead atoms. The van der Waals surface area contributed by atoms with Gasteiger partial charge in [0.15, 0.2) is 0 Å². The van der Waals surface area contributed by atoms with Crippen LogP contribution in [0, 0.1) is 17.0 Å². The van der Waals surface area contributed by atoms with Crippen LogP contribution < -0.4 is 0 Å². The number of hydrogen-bond acceptors (Lipinski definition) is 2. The van der Waals surface area contributed by atoms with E-state index in [1.807, 2.05) is 0 Å². The molecule has 3 nitrogen and oxygen atoms in total. The molecule has 0 aliphatic rings. The second-order valence-corrected chi connectivity index (χ2v) is 5.26. The van der Waals surface area contributed by atoms with E-state index in [1.54, 1.807) is 13.0 Å². The monoisotopic (exact) mass is 329 g/mol. The van der Waals surface area contributed by atoms with Crippen LogP contribution in [0.25, 0.3) is 0 Å². The number of hydrogen-bond donors (Lipinski definition) is 0. The molecule has 0 atom stereocenters. The normalized spacial score (nSPS) is 11.5. The van der Waals surface area contributed by atoms with E-state index in [1.165, 1.54) is 18.2 Å². The van der Waals surface area contributed by atoms with E-state index in [9.17, 15) is 23.3 Å². The van der Waals surface area contributed by atoms with E-state index >= 15 is 0 Å². The molecule has 0 fully saturated rings. The van der Waals surface area contributed by atoms with Crippen molar-refractivity contribution >= 4 is 17.3 Å². The van der Waals surface area contributed by atoms with Crippen molar-refractivity contribution in [2.45, 2.75) is 19.5 Å². The Kier molecular flexibility index (Phi) is 4.42. The Bertz CT molecular complexity index is 729. The van der Waals surface area contributed by atoms with Gasteiger partial charge in [-0.05, 0) is 48.2 Å². The van der Waals surface area contributed by atoms with Crippen LogP contribution in [0.5, 0.6) is 0 Å². The van der Waals surface area contributed by atoms with E-state index in [0.717, 1.165) is 17.7 Å². The van der Waals surface area contributed by atoms with Gasteiger partial charge in [-0.2, -0.15) is 13.2 Å². The summed E-state index contributed by atoms with van der Waals surface area (Å²) in [7, 11) is 0. The van der Waals surface area contributed by atoms with Gasteiger partial charge in [0.2, 0.25) is 0 Å². The van der Waals surface area contributed by atoms with Crippen LogP contribution in [0.1, 0.15) is 22.3 Å². The first kappa shape index (κ1) is 16.3. The summed E-state index contributed by atoms with van der Waals surface area (Å²) in [5, 5.41) is 11.0. The largest absolute Gasteiger partial charge is 0.416 e. The lowest BCUT2D eigenvalue weighted by Gasteiger charge is -2.12. The van der Waals surface area contributed by atoms with Gasteiger partial charge in [0, 0.05) is 17.2 Å². The fraction of sp³-hybridized carbons (Fsp3) is 0.200. The first-order valence-electron chi connectivity index (χ1n) is 6.28. The smallest absolute Gasteiger partial charge is 0.258 e. The van der Waals surface area contributed by atoms with E-state index in [0.29, 0.717) is 5.56 Å². The lowest BCUT2D eigenvalue weighted by atomic mass is 9.98. The van der Waals surface area contributed by atoms with Gasteiger partial charge in [-0.15, -0.1) is 0 Å². The van der Waals surface area contributed by atoms with Gasteiger partial charge in [-0.1, -0.05) is 17.7 Å². The minimum absolute atomic E-state index is 0.0935. The van der Waals surface area contributed by atoms with Crippen molar-refractivity contribution in [1.29, 1.82) is 0 Å². The summed E-state index contributed by atoms with van der Waals surface area (Å²) >= 11 is 5.95. The highest BCUT2D eigenvalue weighted by Gasteiger charge is 2.30. The average Bonchev–Trinajstić information content (AvgIpc) is 2.42. The highest BCUT2D eigenvalue weighted by molar-refractivity contribution is 6.31. The zero-order valence-electron chi connectivity index (χ0n) is 11.4. The second kappa shape index (κ2) is 5.96. The fourth-order valence-corrected chi connectivity index (χ4v) is 2.24. The molecular weight excluding hydrogens is 319 g/mol. The first-order valence-corrected chi connectivity index (χ1v) is 6.66. The summed E-state index contributed by atoms with van der Waals surface area (Å²) in [5.41, 5.74) is 0.688. The predicted molar refractivity (Wildman–Crippen MR) is 77.1 cm³/mol. The topological polar surface area (TPSA) is 43.1 Å². The minimum Gasteiger partial charge on any atom is -0.258 e. The molecule has 2 aromatic carbocycles. The van der Waals surface area contributed by atoms with Gasteiger partial charge < -0.3 is 0 Å². The third-order valence-electron chi connectivity index (χ3n) is 3.30. The van der Waals surface area contributed by atoms with Gasteiger partial charge >= 0.3 is 6.18 Å². The quantitative estimate of drug-likeness (QED) is 0.576. The molecule has 116 valence electrons. The number of non-ortho nitro benzene ring substituents is 1. The lowest BCUT2D eigenvalue weighted by molar-refractivity contribution is -0.384. The van der Waals surface area contributed by atoms with E-state index in [4.69, 9.17) is 11.6 Å². The molecule has 0 amide bonds. The minimum atomic E-state index is -4.46. The lowest BCUT2D eigenvalue weighted by Crippen LogP contribution is -2.06. The Morgan fingerprint density at radius 3 is 2.41 bits per heavy atom. The summed E-state index contributed by atoms with van der Waals surface area (Å²) in [4.78, 5) is 10.3. The molecule has 0 heterocycles. The van der Waals surface area contributed by atoms with Crippen LogP contribution in [0.4, 0.5) is 18.9 Å². The third kappa shape index (κ3) is 3.57. The van der Waals surface area contributed by atoms with Crippen molar-refractivity contribution in [3.63, 3.8) is 0 Å². The number of aryl methyl sites for hydroxylation is 1. The second-order valence-electron chi connectivity index (χ2n) is 4.85. The molecule has 0 saturated heterocycles. The molecule has 7 heteroatoms. The molecule has 0 spiro atoms. The number of halogens is 4. The van der Waals surface area contributed by atoms with Crippen molar-refractivity contribution < 1.29 is 18.1 Å². The highest BCUT2D eigenvalue weighted by atomic mass is 35.5. The van der Waals surface area contributed by atoms with Crippen LogP contribution in [0.3, 0.4) is 0 Å². The number of benzene rings is 2. The molecule has 0 aliphatic heterocycles. The van der Waals surface area contributed by atoms with Gasteiger partial charge in [0.1, 0.15) is 0 Å². The molecule has 0 radical (unpaired) electrons. The van der Waals surface area contributed by atoms with Crippen molar-refractivity contribution in [3.05, 3.63) is 73.8 Å². The Morgan fingerprint density at radius 2 is 1.82 bits per heavy atom. The maximum Gasteiger partial charge on any atom is 0.416 e. The van der Waals surface area contributed by atoms with Crippen molar-refractivity contribution in [3.8, 4) is 0 Å². The molecule has 0 N–H and O–H groups in total. The van der Waals surface area contributed by atoms with Gasteiger partial charge in [-0.25, -0.2) is 0 Å². The number of nitro benzene ring substituents is 1. The molecular formula is C15H11ClF3NO2. The Morgan fingerprint density at radius 1 is 1.14 bits per heavy atom. The van der Waals surface area contributed by atoms with E-state index < -0.39 is 16.7 Å². The fourth-order valence-electron chi connectivity index (χ4n) is 2.05. The van der Waals surface area contributed by atoms with Gasteiger partial charge in [-0.3, -0.25) is 10.1 Å². The van der Waals surface area contributed by atoms with Crippen molar-refractivity contribution in [2.75, 3.05) is 0 Å². The molecule has 0 unspecified atom stereocenters. The summed E-state index contributed by atoms with van der Waals surface area (Å²) in [6.45, 7) is 1.74. The molecule has 0 aromatic heterocycles. The van der Waals surface area contributed by atoms with Gasteiger partial charge in [0.05, 0.1) is 10.5 Å². The van der Waals surface area contributed by atoms with Crippen LogP contribution in [-0.2, 0) is 12.6 Å². The highest BCUT2D eigenvalue weighted by Crippen LogP contribution is 2.33. The summed E-state index contributed by atoms with van der Waals surface area (Å²) in [6.07, 6.45) is -4.37. The van der Waals surface area contributed by atoms with E-state index in [-0.39, 0.29) is 22.7 Å². The standard InChI is InChI=1S/C15H11ClF3NO2/c1-9-2-4-13(20(21)22)8-10(9)6-11-7-12(15(17,18)19)3-5-14(11)16/h2-5,7-8H,6H2,1H3. The average molecular weight is 330 g/mol.